The Morgan fingerprint density at radius 3 is 2.44 bits per heavy atom. The summed E-state index contributed by atoms with van der Waals surface area (Å²) in [5.41, 5.74) is 2.52. The standard InChI is InChI=1S/C30H50O2/c1-19(2)20(3)8-9-21(4)26-12-13-27-25-11-10-23-18-24(32-22(5)31)14-16-29(23,6)28(25)15-17-30(26,27)7/h18-21,24-28H,8-17H2,1-7H3/t20-,21+,24-,25+,26+,27+,28+,29-,30-/m0/s1. The SMILES string of the molecule is CC(=O)O[C@@H]1C=C2CC[C@@H]3[C@H]4CC[C@H]([C@H](C)CC[C@H](C)C(C)C)[C@]4(C)CC[C@H]3[C@@]2(C)CC1. The van der Waals surface area contributed by atoms with E-state index < -0.39 is 0 Å². The molecular weight excluding hydrogens is 392 g/mol. The molecule has 4 aliphatic carbocycles. The van der Waals surface area contributed by atoms with Gasteiger partial charge in [-0.1, -0.05) is 60.0 Å². The Hall–Kier alpha value is -0.790. The fourth-order valence-corrected chi connectivity index (χ4v) is 9.04. The van der Waals surface area contributed by atoms with Gasteiger partial charge in [-0.25, -0.2) is 0 Å². The molecule has 2 nitrogen and oxygen atoms in total. The maximum atomic E-state index is 11.5. The molecule has 0 saturated heterocycles. The fourth-order valence-electron chi connectivity index (χ4n) is 9.04. The van der Waals surface area contributed by atoms with Crippen LogP contribution in [0.2, 0.25) is 0 Å². The van der Waals surface area contributed by atoms with Crippen molar-refractivity contribution in [1.82, 2.24) is 0 Å². The van der Waals surface area contributed by atoms with Gasteiger partial charge in [-0.15, -0.1) is 0 Å². The average Bonchev–Trinajstić information content (AvgIpc) is 3.08. The van der Waals surface area contributed by atoms with Gasteiger partial charge in [0.05, 0.1) is 0 Å². The van der Waals surface area contributed by atoms with E-state index in [0.717, 1.165) is 47.8 Å². The number of carbonyl (C=O) groups excluding carboxylic acids is 1. The molecule has 0 aromatic carbocycles. The Kier molecular flexibility index (Phi) is 6.92. The van der Waals surface area contributed by atoms with Crippen molar-refractivity contribution in [2.75, 3.05) is 0 Å². The molecule has 3 saturated carbocycles. The minimum Gasteiger partial charge on any atom is -0.458 e. The minimum atomic E-state index is -0.133. The predicted octanol–water partition coefficient (Wildman–Crippen LogP) is 8.21. The number of esters is 1. The first-order chi connectivity index (χ1) is 15.1. The zero-order chi connectivity index (χ0) is 23.3. The van der Waals surface area contributed by atoms with Crippen molar-refractivity contribution < 1.29 is 9.53 Å². The van der Waals surface area contributed by atoms with Gasteiger partial charge >= 0.3 is 5.97 Å². The van der Waals surface area contributed by atoms with Crippen molar-refractivity contribution in [3.05, 3.63) is 11.6 Å². The van der Waals surface area contributed by atoms with Gasteiger partial charge in [-0.3, -0.25) is 4.79 Å². The molecule has 0 aliphatic heterocycles. The third-order valence-electron chi connectivity index (χ3n) is 11.4. The smallest absolute Gasteiger partial charge is 0.303 e. The van der Waals surface area contributed by atoms with Crippen molar-refractivity contribution in [3.63, 3.8) is 0 Å². The van der Waals surface area contributed by atoms with Crippen LogP contribution >= 0.6 is 0 Å². The summed E-state index contributed by atoms with van der Waals surface area (Å²) in [6, 6.07) is 0. The highest BCUT2D eigenvalue weighted by molar-refractivity contribution is 5.66. The van der Waals surface area contributed by atoms with Crippen LogP contribution in [0.3, 0.4) is 0 Å². The first-order valence-corrected chi connectivity index (χ1v) is 13.9. The van der Waals surface area contributed by atoms with Crippen molar-refractivity contribution in [2.24, 2.45) is 52.3 Å². The van der Waals surface area contributed by atoms with Crippen LogP contribution in [-0.4, -0.2) is 12.1 Å². The van der Waals surface area contributed by atoms with E-state index in [9.17, 15) is 4.79 Å². The number of fused-ring (bicyclic) bond motifs is 5. The summed E-state index contributed by atoms with van der Waals surface area (Å²) >= 11 is 0. The van der Waals surface area contributed by atoms with Crippen LogP contribution in [-0.2, 0) is 9.53 Å². The molecule has 4 aliphatic rings. The van der Waals surface area contributed by atoms with Gasteiger partial charge < -0.3 is 4.74 Å². The second-order valence-electron chi connectivity index (χ2n) is 13.2. The number of allylic oxidation sites excluding steroid dienone is 1. The van der Waals surface area contributed by atoms with Crippen molar-refractivity contribution >= 4 is 5.97 Å². The largest absolute Gasteiger partial charge is 0.458 e. The molecule has 2 heteroatoms. The monoisotopic (exact) mass is 442 g/mol. The van der Waals surface area contributed by atoms with Gasteiger partial charge in [0.15, 0.2) is 0 Å². The van der Waals surface area contributed by atoms with Crippen molar-refractivity contribution in [2.45, 2.75) is 119 Å². The first kappa shape index (κ1) is 24.3. The summed E-state index contributed by atoms with van der Waals surface area (Å²) in [4.78, 5) is 11.5. The summed E-state index contributed by atoms with van der Waals surface area (Å²) in [6.07, 6.45) is 15.8. The van der Waals surface area contributed by atoms with Crippen molar-refractivity contribution in [1.29, 1.82) is 0 Å². The Morgan fingerprint density at radius 2 is 1.75 bits per heavy atom. The van der Waals surface area contributed by atoms with Gasteiger partial charge in [0, 0.05) is 6.92 Å². The van der Waals surface area contributed by atoms with Crippen LogP contribution in [0, 0.1) is 52.3 Å². The van der Waals surface area contributed by atoms with E-state index in [1.165, 1.54) is 57.8 Å². The zero-order valence-corrected chi connectivity index (χ0v) is 22.1. The third-order valence-corrected chi connectivity index (χ3v) is 11.4. The number of rotatable bonds is 6. The Bertz CT molecular complexity index is 722. The van der Waals surface area contributed by atoms with E-state index in [0.29, 0.717) is 10.8 Å². The van der Waals surface area contributed by atoms with Gasteiger partial charge in [0.25, 0.3) is 0 Å². The molecule has 4 rings (SSSR count). The lowest BCUT2D eigenvalue weighted by atomic mass is 9.46. The summed E-state index contributed by atoms with van der Waals surface area (Å²) in [5.74, 6) is 6.01. The summed E-state index contributed by atoms with van der Waals surface area (Å²) in [7, 11) is 0. The number of carbonyl (C=O) groups is 1. The first-order valence-electron chi connectivity index (χ1n) is 13.9. The third kappa shape index (κ3) is 4.22. The molecule has 0 spiro atoms. The maximum absolute atomic E-state index is 11.5. The normalized spacial score (nSPS) is 43.0. The number of hydrogen-bond donors (Lipinski definition) is 0. The molecule has 0 aromatic rings. The van der Waals surface area contributed by atoms with E-state index in [2.05, 4.69) is 47.6 Å². The van der Waals surface area contributed by atoms with E-state index in [1.807, 2.05) is 0 Å². The lowest BCUT2D eigenvalue weighted by Gasteiger charge is -2.59. The fraction of sp³-hybridized carbons (Fsp3) is 0.900. The molecule has 0 heterocycles. The van der Waals surface area contributed by atoms with E-state index in [-0.39, 0.29) is 12.1 Å². The van der Waals surface area contributed by atoms with Gasteiger partial charge in [0.2, 0.25) is 0 Å². The lowest BCUT2D eigenvalue weighted by molar-refractivity contribution is -0.145. The molecule has 0 unspecified atom stereocenters. The molecule has 0 N–H and O–H groups in total. The highest BCUT2D eigenvalue weighted by Gasteiger charge is 2.59. The quantitative estimate of drug-likeness (QED) is 0.306. The van der Waals surface area contributed by atoms with Gasteiger partial charge in [-0.2, -0.15) is 0 Å². The summed E-state index contributed by atoms with van der Waals surface area (Å²) < 4.78 is 5.59. The minimum absolute atomic E-state index is 0.0194. The van der Waals surface area contributed by atoms with Gasteiger partial charge in [-0.05, 0) is 110 Å². The topological polar surface area (TPSA) is 26.3 Å². The second-order valence-corrected chi connectivity index (χ2v) is 13.2. The maximum Gasteiger partial charge on any atom is 0.303 e. The van der Waals surface area contributed by atoms with E-state index >= 15 is 0 Å². The van der Waals surface area contributed by atoms with Crippen LogP contribution in [0.4, 0.5) is 0 Å². The molecule has 9 atom stereocenters. The lowest BCUT2D eigenvalue weighted by Crippen LogP contribution is -2.51. The average molecular weight is 443 g/mol. The van der Waals surface area contributed by atoms with E-state index in [4.69, 9.17) is 4.74 Å². The molecule has 182 valence electrons. The molecule has 32 heavy (non-hydrogen) atoms. The van der Waals surface area contributed by atoms with Crippen LogP contribution in [0.25, 0.3) is 0 Å². The Labute approximate surface area is 198 Å². The molecular formula is C30H50O2. The molecule has 3 fully saturated rings. The number of ether oxygens (including phenoxy) is 1. The van der Waals surface area contributed by atoms with E-state index in [1.54, 1.807) is 12.5 Å². The highest BCUT2D eigenvalue weighted by atomic mass is 16.5. The van der Waals surface area contributed by atoms with Crippen molar-refractivity contribution in [3.8, 4) is 0 Å². The van der Waals surface area contributed by atoms with Crippen LogP contribution in [0.5, 0.6) is 0 Å². The van der Waals surface area contributed by atoms with Crippen LogP contribution in [0.1, 0.15) is 113 Å². The molecule has 0 bridgehead atoms. The molecule has 0 amide bonds. The predicted molar refractivity (Wildman–Crippen MR) is 133 cm³/mol. The Morgan fingerprint density at radius 1 is 1.00 bits per heavy atom. The number of hydrogen-bond acceptors (Lipinski definition) is 2. The zero-order valence-electron chi connectivity index (χ0n) is 22.1. The highest BCUT2D eigenvalue weighted by Crippen LogP contribution is 2.67. The molecule has 0 radical (unpaired) electrons. The van der Waals surface area contributed by atoms with Gasteiger partial charge in [0.1, 0.15) is 6.10 Å². The summed E-state index contributed by atoms with van der Waals surface area (Å²) in [6.45, 7) is 16.6. The second kappa shape index (κ2) is 9.10. The van der Waals surface area contributed by atoms with Crippen LogP contribution in [0.15, 0.2) is 11.6 Å². The molecule has 0 aromatic heterocycles. The Balaban J connectivity index is 1.47. The summed E-state index contributed by atoms with van der Waals surface area (Å²) in [5, 5.41) is 0. The van der Waals surface area contributed by atoms with Crippen LogP contribution < -0.4 is 0 Å².